The summed E-state index contributed by atoms with van der Waals surface area (Å²) in [6.07, 6.45) is 3.02. The van der Waals surface area contributed by atoms with Gasteiger partial charge in [-0.15, -0.1) is 0 Å². The van der Waals surface area contributed by atoms with E-state index in [9.17, 15) is 19.1 Å². The first-order valence-electron chi connectivity index (χ1n) is 8.57. The summed E-state index contributed by atoms with van der Waals surface area (Å²) in [5.41, 5.74) is 3.35. The van der Waals surface area contributed by atoms with E-state index >= 15 is 0 Å². The smallest absolute Gasteiger partial charge is 0.341 e. The van der Waals surface area contributed by atoms with Crippen LogP contribution in [-0.4, -0.2) is 15.5 Å². The molecule has 1 aliphatic rings. The topological polar surface area (TPSA) is 58.8 Å². The average molecular weight is 351 g/mol. The van der Waals surface area contributed by atoms with E-state index < -0.39 is 17.3 Å². The molecule has 0 radical (unpaired) electrons. The maximum Gasteiger partial charge on any atom is 0.341 e. The molecule has 1 N–H and O–H groups in total. The Kier molecular flexibility index (Phi) is 3.68. The molecule has 0 aliphatic heterocycles. The van der Waals surface area contributed by atoms with Gasteiger partial charge < -0.3 is 5.11 Å². The van der Waals surface area contributed by atoms with Crippen molar-refractivity contribution in [3.8, 4) is 11.1 Å². The van der Waals surface area contributed by atoms with Gasteiger partial charge >= 0.3 is 5.97 Å². The molecule has 1 saturated carbocycles. The fraction of sp³-hybridized carbons (Fsp3) is 0.238. The molecule has 1 aliphatic carbocycles. The minimum atomic E-state index is -1.29. The van der Waals surface area contributed by atoms with Crippen molar-refractivity contribution >= 4 is 11.5 Å². The van der Waals surface area contributed by atoms with E-state index in [0.29, 0.717) is 16.6 Å². The van der Waals surface area contributed by atoms with Gasteiger partial charge in [-0.05, 0) is 55.4 Å². The molecular formula is C21H18FNO3. The molecule has 0 saturated heterocycles. The second kappa shape index (κ2) is 5.80. The van der Waals surface area contributed by atoms with Gasteiger partial charge in [0.15, 0.2) is 0 Å². The number of nitrogens with zero attached hydrogens (tertiary/aromatic N) is 1. The number of carbonyl (C=O) groups is 1. The fourth-order valence-corrected chi connectivity index (χ4v) is 3.59. The average Bonchev–Trinajstić information content (AvgIpc) is 3.42. The van der Waals surface area contributed by atoms with Crippen LogP contribution in [0.1, 0.15) is 45.8 Å². The molecule has 0 spiro atoms. The number of hydrogen-bond acceptors (Lipinski definition) is 2. The van der Waals surface area contributed by atoms with Crippen LogP contribution in [0.4, 0.5) is 4.39 Å². The molecule has 2 heterocycles. The maximum atomic E-state index is 14.9. The molecule has 4 rings (SSSR count). The van der Waals surface area contributed by atoms with E-state index in [1.807, 2.05) is 31.2 Å². The summed E-state index contributed by atoms with van der Waals surface area (Å²) in [5.74, 6) is -1.60. The van der Waals surface area contributed by atoms with Crippen molar-refractivity contribution in [1.29, 1.82) is 0 Å². The third kappa shape index (κ3) is 2.51. The number of benzene rings is 1. The van der Waals surface area contributed by atoms with Crippen LogP contribution in [0, 0.1) is 19.7 Å². The van der Waals surface area contributed by atoms with Crippen molar-refractivity contribution in [2.75, 3.05) is 0 Å². The van der Waals surface area contributed by atoms with Gasteiger partial charge in [0, 0.05) is 11.8 Å². The van der Waals surface area contributed by atoms with Crippen LogP contribution in [0.15, 0.2) is 41.3 Å². The van der Waals surface area contributed by atoms with Crippen LogP contribution in [0.5, 0.6) is 0 Å². The summed E-state index contributed by atoms with van der Waals surface area (Å²) < 4.78 is 16.1. The van der Waals surface area contributed by atoms with Crippen molar-refractivity contribution in [3.63, 3.8) is 0 Å². The molecule has 0 bridgehead atoms. The first-order valence-corrected chi connectivity index (χ1v) is 8.57. The molecular weight excluding hydrogens is 333 g/mol. The third-order valence-corrected chi connectivity index (χ3v) is 5.06. The lowest BCUT2D eigenvalue weighted by atomic mass is 9.95. The maximum absolute atomic E-state index is 14.9. The van der Waals surface area contributed by atoms with Gasteiger partial charge in [0.1, 0.15) is 11.4 Å². The zero-order valence-electron chi connectivity index (χ0n) is 14.5. The van der Waals surface area contributed by atoms with Gasteiger partial charge in [-0.3, -0.25) is 9.20 Å². The van der Waals surface area contributed by atoms with Crippen molar-refractivity contribution < 1.29 is 14.3 Å². The normalized spacial score (nSPS) is 14.0. The molecule has 132 valence electrons. The van der Waals surface area contributed by atoms with Gasteiger partial charge in [-0.1, -0.05) is 29.8 Å². The summed E-state index contributed by atoms with van der Waals surface area (Å²) >= 11 is 0. The van der Waals surface area contributed by atoms with Crippen LogP contribution in [-0.2, 0) is 0 Å². The zero-order chi connectivity index (χ0) is 18.6. The molecule has 0 unspecified atom stereocenters. The second-order valence-corrected chi connectivity index (χ2v) is 6.96. The summed E-state index contributed by atoms with van der Waals surface area (Å²) in [4.78, 5) is 24.0. The Morgan fingerprint density at radius 1 is 1.19 bits per heavy atom. The quantitative estimate of drug-likeness (QED) is 0.765. The molecule has 0 amide bonds. The van der Waals surface area contributed by atoms with Crippen molar-refractivity contribution in [3.05, 3.63) is 75.0 Å². The molecule has 5 heteroatoms. The Morgan fingerprint density at radius 2 is 1.85 bits per heavy atom. The number of carboxylic acid groups (broad SMARTS) is 1. The predicted octanol–water partition coefficient (Wildman–Crippen LogP) is 4.30. The van der Waals surface area contributed by atoms with Gasteiger partial charge in [0.2, 0.25) is 0 Å². The standard InChI is InChI=1S/C21H18FNO3/c1-11-3-5-14(6-4-11)18-12(2)19-15(13-7-8-13)9-16(21(25)26)20(24)23(19)10-17(18)22/h3-6,9-10,13H,7-8H2,1-2H3,(H,25,26). The molecule has 4 nitrogen and oxygen atoms in total. The van der Waals surface area contributed by atoms with Crippen LogP contribution < -0.4 is 5.56 Å². The number of aromatic carboxylic acids is 1. The number of aryl methyl sites for hydroxylation is 2. The summed E-state index contributed by atoms with van der Waals surface area (Å²) in [6.45, 7) is 3.75. The predicted molar refractivity (Wildman–Crippen MR) is 97.5 cm³/mol. The summed E-state index contributed by atoms with van der Waals surface area (Å²) in [7, 11) is 0. The van der Waals surface area contributed by atoms with Crippen LogP contribution >= 0.6 is 0 Å². The highest BCUT2D eigenvalue weighted by atomic mass is 19.1. The van der Waals surface area contributed by atoms with E-state index in [2.05, 4.69) is 0 Å². The molecule has 3 aromatic rings. The van der Waals surface area contributed by atoms with Gasteiger partial charge in [0.25, 0.3) is 5.56 Å². The zero-order valence-corrected chi connectivity index (χ0v) is 14.5. The molecule has 0 atom stereocenters. The number of carboxylic acids is 1. The highest BCUT2D eigenvalue weighted by molar-refractivity contribution is 5.89. The SMILES string of the molecule is Cc1ccc(-c2c(F)cn3c(=O)c(C(=O)O)cc(C4CC4)c3c2C)cc1. The van der Waals surface area contributed by atoms with E-state index in [0.717, 1.165) is 35.7 Å². The minimum Gasteiger partial charge on any atom is -0.477 e. The van der Waals surface area contributed by atoms with Gasteiger partial charge in [-0.25, -0.2) is 9.18 Å². The highest BCUT2D eigenvalue weighted by Gasteiger charge is 2.30. The Hall–Kier alpha value is -2.95. The minimum absolute atomic E-state index is 0.221. The Morgan fingerprint density at radius 3 is 2.42 bits per heavy atom. The van der Waals surface area contributed by atoms with Crippen LogP contribution in [0.2, 0.25) is 0 Å². The lowest BCUT2D eigenvalue weighted by Crippen LogP contribution is -2.24. The van der Waals surface area contributed by atoms with Gasteiger partial charge in [0.05, 0.1) is 5.52 Å². The monoisotopic (exact) mass is 351 g/mol. The van der Waals surface area contributed by atoms with E-state index in [1.54, 1.807) is 6.92 Å². The molecule has 2 aromatic heterocycles. The Bertz CT molecular complexity index is 1110. The lowest BCUT2D eigenvalue weighted by molar-refractivity contribution is 0.0694. The van der Waals surface area contributed by atoms with E-state index in [-0.39, 0.29) is 11.5 Å². The van der Waals surface area contributed by atoms with Crippen LogP contribution in [0.25, 0.3) is 16.6 Å². The molecule has 26 heavy (non-hydrogen) atoms. The first kappa shape index (κ1) is 16.5. The van der Waals surface area contributed by atoms with Crippen molar-refractivity contribution in [2.45, 2.75) is 32.6 Å². The Balaban J connectivity index is 2.10. The number of pyridine rings is 2. The number of aromatic nitrogens is 1. The molecule has 1 aromatic carbocycles. The van der Waals surface area contributed by atoms with Crippen molar-refractivity contribution in [2.24, 2.45) is 0 Å². The third-order valence-electron chi connectivity index (χ3n) is 5.06. The van der Waals surface area contributed by atoms with E-state index in [4.69, 9.17) is 0 Å². The number of hydrogen-bond donors (Lipinski definition) is 1. The Labute approximate surface area is 149 Å². The summed E-state index contributed by atoms with van der Waals surface area (Å²) in [6, 6.07) is 9.02. The van der Waals surface area contributed by atoms with E-state index in [1.165, 1.54) is 10.5 Å². The number of fused-ring (bicyclic) bond motifs is 1. The largest absolute Gasteiger partial charge is 0.477 e. The van der Waals surface area contributed by atoms with Gasteiger partial charge in [-0.2, -0.15) is 0 Å². The summed E-state index contributed by atoms with van der Waals surface area (Å²) in [5, 5.41) is 9.34. The second-order valence-electron chi connectivity index (χ2n) is 6.96. The highest BCUT2D eigenvalue weighted by Crippen LogP contribution is 2.43. The molecule has 1 fully saturated rings. The number of rotatable bonds is 3. The number of halogens is 1. The lowest BCUT2D eigenvalue weighted by Gasteiger charge is -2.16. The van der Waals surface area contributed by atoms with Crippen molar-refractivity contribution in [1.82, 2.24) is 4.40 Å². The van der Waals surface area contributed by atoms with Crippen LogP contribution in [0.3, 0.4) is 0 Å². The fourth-order valence-electron chi connectivity index (χ4n) is 3.59. The first-order chi connectivity index (χ1) is 12.4.